The molecular weight excluding hydrogens is 408 g/mol. The van der Waals surface area contributed by atoms with Crippen molar-refractivity contribution in [3.05, 3.63) is 57.8 Å². The molecule has 3 heterocycles. The highest BCUT2D eigenvalue weighted by Crippen LogP contribution is 2.39. The first-order valence-corrected chi connectivity index (χ1v) is 10.5. The lowest BCUT2D eigenvalue weighted by Crippen LogP contribution is -2.33. The minimum Gasteiger partial charge on any atom is -0.356 e. The predicted octanol–water partition coefficient (Wildman–Crippen LogP) is 3.59. The molecule has 29 heavy (non-hydrogen) atoms. The van der Waals surface area contributed by atoms with Gasteiger partial charge in [-0.3, -0.25) is 14.4 Å². The molecule has 7 nitrogen and oxygen atoms in total. The fourth-order valence-electron chi connectivity index (χ4n) is 3.60. The van der Waals surface area contributed by atoms with Gasteiger partial charge in [0.15, 0.2) is 5.82 Å². The standard InChI is InChI=1S/C20H21ClN6OS/c1-5-22-15(28)10-20(4)19-25-24-12(3)27(19)18-16(11(2)26-29-18)17(23-20)13-6-8-14(21)9-7-13/h6-9H,5,10H2,1-4H3,(H,22,28). The van der Waals surface area contributed by atoms with Crippen LogP contribution in [0, 0.1) is 13.8 Å². The third kappa shape index (κ3) is 3.36. The van der Waals surface area contributed by atoms with Gasteiger partial charge in [0.05, 0.1) is 23.4 Å². The van der Waals surface area contributed by atoms with Crippen LogP contribution in [0.15, 0.2) is 29.3 Å². The van der Waals surface area contributed by atoms with Gasteiger partial charge >= 0.3 is 0 Å². The Balaban J connectivity index is 1.99. The normalized spacial score (nSPS) is 17.9. The molecule has 0 radical (unpaired) electrons. The lowest BCUT2D eigenvalue weighted by molar-refractivity contribution is -0.122. The Kier molecular flexibility index (Phi) is 5.00. The SMILES string of the molecule is CCNC(=O)CC1(C)N=C(c2ccc(Cl)cc2)c2c(C)nsc2-n2c(C)nnc21. The summed E-state index contributed by atoms with van der Waals surface area (Å²) in [5.74, 6) is 1.29. The highest BCUT2D eigenvalue weighted by atomic mass is 35.5. The Bertz CT molecular complexity index is 1120. The molecule has 0 aliphatic carbocycles. The average Bonchev–Trinajstić information content (AvgIpc) is 3.20. The summed E-state index contributed by atoms with van der Waals surface area (Å²) in [6.45, 7) is 8.25. The number of aryl methyl sites for hydroxylation is 2. The Morgan fingerprint density at radius 1 is 1.24 bits per heavy atom. The van der Waals surface area contributed by atoms with E-state index in [0.717, 1.165) is 33.4 Å². The Hall–Kier alpha value is -2.58. The van der Waals surface area contributed by atoms with Crippen molar-refractivity contribution in [1.82, 2.24) is 24.5 Å². The highest BCUT2D eigenvalue weighted by Gasteiger charge is 2.40. The molecule has 1 aliphatic rings. The second-order valence-electron chi connectivity index (χ2n) is 7.23. The highest BCUT2D eigenvalue weighted by molar-refractivity contribution is 7.09. The number of fused-ring (bicyclic) bond motifs is 3. The number of benzene rings is 1. The summed E-state index contributed by atoms with van der Waals surface area (Å²) in [5.41, 5.74) is 2.61. The van der Waals surface area contributed by atoms with Crippen molar-refractivity contribution in [3.8, 4) is 5.00 Å². The van der Waals surface area contributed by atoms with Gasteiger partial charge in [-0.1, -0.05) is 23.7 Å². The summed E-state index contributed by atoms with van der Waals surface area (Å²) in [6.07, 6.45) is 0.164. The number of carbonyl (C=O) groups is 1. The van der Waals surface area contributed by atoms with Crippen molar-refractivity contribution in [3.63, 3.8) is 0 Å². The lowest BCUT2D eigenvalue weighted by Gasteiger charge is -2.23. The van der Waals surface area contributed by atoms with Gasteiger partial charge in [0.2, 0.25) is 5.91 Å². The van der Waals surface area contributed by atoms with Crippen molar-refractivity contribution in [1.29, 1.82) is 0 Å². The van der Waals surface area contributed by atoms with Crippen LogP contribution in [0.5, 0.6) is 0 Å². The fraction of sp³-hybridized carbons (Fsp3) is 0.350. The van der Waals surface area contributed by atoms with E-state index < -0.39 is 5.54 Å². The van der Waals surface area contributed by atoms with E-state index in [0.29, 0.717) is 17.4 Å². The maximum absolute atomic E-state index is 12.5. The molecule has 4 rings (SSSR count). The van der Waals surface area contributed by atoms with Gasteiger partial charge in [0, 0.05) is 17.1 Å². The first-order chi connectivity index (χ1) is 13.8. The number of amides is 1. The molecule has 0 spiro atoms. The van der Waals surface area contributed by atoms with Crippen LogP contribution in [0.25, 0.3) is 5.00 Å². The number of hydrogen-bond acceptors (Lipinski definition) is 6. The zero-order valence-corrected chi connectivity index (χ0v) is 18.2. The van der Waals surface area contributed by atoms with Crippen LogP contribution < -0.4 is 5.32 Å². The van der Waals surface area contributed by atoms with Gasteiger partial charge in [-0.15, -0.1) is 10.2 Å². The second kappa shape index (κ2) is 7.35. The molecule has 1 aromatic carbocycles. The molecule has 150 valence electrons. The molecule has 9 heteroatoms. The van der Waals surface area contributed by atoms with Crippen molar-refractivity contribution < 1.29 is 4.79 Å². The van der Waals surface area contributed by atoms with Gasteiger partial charge in [-0.2, -0.15) is 4.37 Å². The smallest absolute Gasteiger partial charge is 0.222 e. The fourth-order valence-corrected chi connectivity index (χ4v) is 4.67. The molecule has 0 saturated carbocycles. The van der Waals surface area contributed by atoms with Crippen molar-refractivity contribution in [2.24, 2.45) is 4.99 Å². The van der Waals surface area contributed by atoms with Crippen LogP contribution in [0.4, 0.5) is 0 Å². The Morgan fingerprint density at radius 2 is 1.97 bits per heavy atom. The third-order valence-corrected chi connectivity index (χ3v) is 6.12. The minimum atomic E-state index is -0.888. The monoisotopic (exact) mass is 428 g/mol. The number of nitrogens with zero attached hydrogens (tertiary/aromatic N) is 5. The minimum absolute atomic E-state index is 0.0819. The van der Waals surface area contributed by atoms with Gasteiger partial charge in [-0.05, 0) is 51.4 Å². The number of halogens is 1. The number of aliphatic imine (C=N–C) groups is 1. The predicted molar refractivity (Wildman–Crippen MR) is 114 cm³/mol. The van der Waals surface area contributed by atoms with Gasteiger partial charge < -0.3 is 5.32 Å². The van der Waals surface area contributed by atoms with E-state index in [-0.39, 0.29) is 12.3 Å². The third-order valence-electron chi connectivity index (χ3n) is 4.95. The van der Waals surface area contributed by atoms with Crippen LogP contribution >= 0.6 is 23.1 Å². The topological polar surface area (TPSA) is 85.1 Å². The molecule has 0 fully saturated rings. The number of hydrogen-bond donors (Lipinski definition) is 1. The van der Waals surface area contributed by atoms with E-state index in [4.69, 9.17) is 16.6 Å². The van der Waals surface area contributed by atoms with Crippen LogP contribution in [-0.4, -0.2) is 37.3 Å². The maximum atomic E-state index is 12.5. The molecule has 1 N–H and O–H groups in total. The zero-order chi connectivity index (χ0) is 20.8. The molecule has 3 aromatic rings. The van der Waals surface area contributed by atoms with Crippen molar-refractivity contribution >= 4 is 34.8 Å². The number of nitrogens with one attached hydrogen (secondary N) is 1. The number of carbonyl (C=O) groups excluding carboxylic acids is 1. The quantitative estimate of drug-likeness (QED) is 0.688. The van der Waals surface area contributed by atoms with E-state index in [1.165, 1.54) is 11.5 Å². The molecule has 0 saturated heterocycles. The van der Waals surface area contributed by atoms with E-state index in [1.54, 1.807) is 0 Å². The largest absolute Gasteiger partial charge is 0.356 e. The average molecular weight is 429 g/mol. The van der Waals surface area contributed by atoms with Crippen molar-refractivity contribution in [2.75, 3.05) is 6.54 Å². The van der Waals surface area contributed by atoms with Crippen molar-refractivity contribution in [2.45, 2.75) is 39.7 Å². The van der Waals surface area contributed by atoms with Crippen LogP contribution in [0.2, 0.25) is 5.02 Å². The van der Waals surface area contributed by atoms with Gasteiger partial charge in [0.1, 0.15) is 16.4 Å². The summed E-state index contributed by atoms with van der Waals surface area (Å²) in [7, 11) is 0. The molecule has 1 amide bonds. The van der Waals surface area contributed by atoms with E-state index in [1.807, 2.05) is 56.5 Å². The van der Waals surface area contributed by atoms with E-state index in [2.05, 4.69) is 19.9 Å². The van der Waals surface area contributed by atoms with Crippen LogP contribution in [0.3, 0.4) is 0 Å². The molecular formula is C20H21ClN6OS. The molecule has 1 atom stereocenters. The first kappa shape index (κ1) is 19.7. The molecule has 0 bridgehead atoms. The maximum Gasteiger partial charge on any atom is 0.222 e. The van der Waals surface area contributed by atoms with Crippen LogP contribution in [-0.2, 0) is 10.3 Å². The summed E-state index contributed by atoms with van der Waals surface area (Å²) in [6, 6.07) is 7.55. The Labute approximate surface area is 178 Å². The summed E-state index contributed by atoms with van der Waals surface area (Å²) in [4.78, 5) is 17.7. The first-order valence-electron chi connectivity index (χ1n) is 9.36. The zero-order valence-electron chi connectivity index (χ0n) is 16.7. The number of aromatic nitrogens is 4. The summed E-state index contributed by atoms with van der Waals surface area (Å²) < 4.78 is 6.55. The second-order valence-corrected chi connectivity index (χ2v) is 8.41. The molecule has 1 aliphatic heterocycles. The lowest BCUT2D eigenvalue weighted by atomic mass is 9.95. The van der Waals surface area contributed by atoms with Crippen LogP contribution in [0.1, 0.15) is 48.7 Å². The van der Waals surface area contributed by atoms with Gasteiger partial charge in [-0.25, -0.2) is 0 Å². The summed E-state index contributed by atoms with van der Waals surface area (Å²) in [5, 5.41) is 13.1. The van der Waals surface area contributed by atoms with Gasteiger partial charge in [0.25, 0.3) is 0 Å². The number of rotatable bonds is 4. The molecule has 1 unspecified atom stereocenters. The summed E-state index contributed by atoms with van der Waals surface area (Å²) >= 11 is 7.49. The van der Waals surface area contributed by atoms with E-state index >= 15 is 0 Å². The molecule has 2 aromatic heterocycles. The Morgan fingerprint density at radius 3 is 2.66 bits per heavy atom. The van der Waals surface area contributed by atoms with E-state index in [9.17, 15) is 4.79 Å².